The van der Waals surface area contributed by atoms with Crippen LogP contribution in [0.3, 0.4) is 0 Å². The lowest BCUT2D eigenvalue weighted by molar-refractivity contribution is 0.242. The van der Waals surface area contributed by atoms with Gasteiger partial charge in [0.05, 0.1) is 0 Å². The minimum Gasteiger partial charge on any atom is -0.353 e. The molecule has 1 aromatic rings. The van der Waals surface area contributed by atoms with Gasteiger partial charge in [0, 0.05) is 18.7 Å². The summed E-state index contributed by atoms with van der Waals surface area (Å²) in [5, 5.41) is 1.34. The van der Waals surface area contributed by atoms with E-state index >= 15 is 0 Å². The number of anilines is 1. The Kier molecular flexibility index (Phi) is 4.18. The van der Waals surface area contributed by atoms with Crippen molar-refractivity contribution in [3.8, 4) is 0 Å². The summed E-state index contributed by atoms with van der Waals surface area (Å²) >= 11 is 7.69. The highest BCUT2D eigenvalue weighted by Crippen LogP contribution is 2.37. The van der Waals surface area contributed by atoms with Crippen molar-refractivity contribution in [3.05, 3.63) is 11.2 Å². The van der Waals surface area contributed by atoms with E-state index in [9.17, 15) is 0 Å². The largest absolute Gasteiger partial charge is 0.353 e. The highest BCUT2D eigenvalue weighted by molar-refractivity contribution is 7.98. The fraction of sp³-hybridized carbons (Fsp3) is 0.714. The van der Waals surface area contributed by atoms with Crippen molar-refractivity contribution in [1.82, 2.24) is 9.97 Å². The first-order chi connectivity index (χ1) is 9.28. The summed E-state index contributed by atoms with van der Waals surface area (Å²) in [5.41, 5.74) is 0. The van der Waals surface area contributed by atoms with Crippen molar-refractivity contribution in [3.63, 3.8) is 0 Å². The van der Waals surface area contributed by atoms with Crippen molar-refractivity contribution in [2.75, 3.05) is 17.7 Å². The first-order valence-electron chi connectivity index (χ1n) is 7.13. The van der Waals surface area contributed by atoms with Gasteiger partial charge in [-0.05, 0) is 37.9 Å². The Morgan fingerprint density at radius 2 is 2.00 bits per heavy atom. The fourth-order valence-corrected chi connectivity index (χ4v) is 4.14. The van der Waals surface area contributed by atoms with Gasteiger partial charge in [-0.3, -0.25) is 0 Å². The summed E-state index contributed by atoms with van der Waals surface area (Å²) in [6.07, 6.45) is 10.1. The molecule has 0 radical (unpaired) electrons. The lowest BCUT2D eigenvalue weighted by atomic mass is 9.78. The molecule has 19 heavy (non-hydrogen) atoms. The van der Waals surface area contributed by atoms with Gasteiger partial charge >= 0.3 is 0 Å². The molecule has 3 nitrogen and oxygen atoms in total. The Hall–Kier alpha value is -0.480. The minimum absolute atomic E-state index is 0.562. The third-order valence-corrected chi connectivity index (χ3v) is 5.12. The maximum atomic E-state index is 6.13. The first kappa shape index (κ1) is 13.5. The Morgan fingerprint density at radius 1 is 1.21 bits per heavy atom. The number of halogens is 1. The number of rotatable bonds is 2. The van der Waals surface area contributed by atoms with Gasteiger partial charge in [0.1, 0.15) is 11.0 Å². The second kappa shape index (κ2) is 5.88. The van der Waals surface area contributed by atoms with Gasteiger partial charge in [0.25, 0.3) is 0 Å². The molecule has 1 aliphatic carbocycles. The zero-order chi connectivity index (χ0) is 13.2. The molecular weight excluding hydrogens is 278 g/mol. The molecule has 2 aliphatic rings. The second-order valence-electron chi connectivity index (χ2n) is 5.48. The van der Waals surface area contributed by atoms with E-state index in [0.717, 1.165) is 23.4 Å². The number of hydrogen-bond acceptors (Lipinski definition) is 4. The highest BCUT2D eigenvalue weighted by atomic mass is 35.5. The minimum atomic E-state index is 0.562. The van der Waals surface area contributed by atoms with Crippen LogP contribution >= 0.6 is 23.4 Å². The number of piperidine rings is 1. The summed E-state index contributed by atoms with van der Waals surface area (Å²) in [4.78, 5) is 11.4. The predicted octanol–water partition coefficient (Wildman–Crippen LogP) is 4.01. The van der Waals surface area contributed by atoms with Crippen molar-refractivity contribution in [2.24, 2.45) is 5.92 Å². The maximum Gasteiger partial charge on any atom is 0.190 e. The molecule has 0 spiro atoms. The molecule has 2 atom stereocenters. The number of thioether (sulfide) groups is 1. The lowest BCUT2D eigenvalue weighted by Crippen LogP contribution is -2.47. The number of nitrogens with zero attached hydrogens (tertiary/aromatic N) is 3. The molecule has 0 amide bonds. The van der Waals surface area contributed by atoms with Crippen LogP contribution in [0.4, 0.5) is 5.82 Å². The summed E-state index contributed by atoms with van der Waals surface area (Å²) in [6.45, 7) is 1.11. The van der Waals surface area contributed by atoms with Crippen LogP contribution in [-0.4, -0.2) is 28.8 Å². The first-order valence-corrected chi connectivity index (χ1v) is 8.73. The molecule has 0 aromatic carbocycles. The average Bonchev–Trinajstić information content (AvgIpc) is 2.46. The van der Waals surface area contributed by atoms with Crippen molar-refractivity contribution in [2.45, 2.75) is 49.7 Å². The zero-order valence-corrected chi connectivity index (χ0v) is 12.9. The van der Waals surface area contributed by atoms with Crippen LogP contribution < -0.4 is 4.90 Å². The predicted molar refractivity (Wildman–Crippen MR) is 81.1 cm³/mol. The van der Waals surface area contributed by atoms with Crippen LogP contribution in [0.2, 0.25) is 5.15 Å². The normalized spacial score (nSPS) is 27.2. The Labute approximate surface area is 124 Å². The molecule has 2 unspecified atom stereocenters. The van der Waals surface area contributed by atoms with Crippen LogP contribution in [0.5, 0.6) is 0 Å². The van der Waals surface area contributed by atoms with E-state index in [1.165, 1.54) is 38.5 Å². The van der Waals surface area contributed by atoms with E-state index in [2.05, 4.69) is 14.9 Å². The van der Waals surface area contributed by atoms with Gasteiger partial charge in [-0.2, -0.15) is 0 Å². The van der Waals surface area contributed by atoms with Gasteiger partial charge in [-0.1, -0.05) is 36.2 Å². The monoisotopic (exact) mass is 297 g/mol. The highest BCUT2D eigenvalue weighted by Gasteiger charge is 2.34. The molecule has 1 aliphatic heterocycles. The summed E-state index contributed by atoms with van der Waals surface area (Å²) in [5.74, 6) is 1.88. The Morgan fingerprint density at radius 3 is 2.84 bits per heavy atom. The summed E-state index contributed by atoms with van der Waals surface area (Å²) < 4.78 is 0. The molecule has 1 aromatic heterocycles. The van der Waals surface area contributed by atoms with Crippen molar-refractivity contribution >= 4 is 29.2 Å². The second-order valence-corrected chi connectivity index (χ2v) is 6.64. The van der Waals surface area contributed by atoms with Gasteiger partial charge in [0.15, 0.2) is 5.16 Å². The summed E-state index contributed by atoms with van der Waals surface area (Å²) in [7, 11) is 0. The third kappa shape index (κ3) is 2.84. The van der Waals surface area contributed by atoms with Gasteiger partial charge in [-0.25, -0.2) is 9.97 Å². The van der Waals surface area contributed by atoms with Gasteiger partial charge < -0.3 is 4.90 Å². The molecule has 0 N–H and O–H groups in total. The lowest BCUT2D eigenvalue weighted by Gasteiger charge is -2.44. The number of fused-ring (bicyclic) bond motifs is 1. The quantitative estimate of drug-likeness (QED) is 0.468. The third-order valence-electron chi connectivity index (χ3n) is 4.38. The molecule has 5 heteroatoms. The Balaban J connectivity index is 1.89. The van der Waals surface area contributed by atoms with E-state index in [-0.39, 0.29) is 0 Å². The maximum absolute atomic E-state index is 6.13. The number of hydrogen-bond donors (Lipinski definition) is 0. The van der Waals surface area contributed by atoms with Crippen LogP contribution in [0.25, 0.3) is 0 Å². The van der Waals surface area contributed by atoms with E-state index in [1.54, 1.807) is 11.8 Å². The number of aromatic nitrogens is 2. The summed E-state index contributed by atoms with van der Waals surface area (Å²) in [6, 6.07) is 2.60. The van der Waals surface area contributed by atoms with E-state index < -0.39 is 0 Å². The van der Waals surface area contributed by atoms with Crippen LogP contribution in [0.1, 0.15) is 38.5 Å². The molecule has 0 bridgehead atoms. The molecular formula is C14H20ClN3S. The fourth-order valence-electron chi connectivity index (χ4n) is 3.53. The SMILES string of the molecule is CSc1nc(Cl)cc(N2CCCC3CCCCC32)n1. The smallest absolute Gasteiger partial charge is 0.190 e. The van der Waals surface area contributed by atoms with Gasteiger partial charge in [-0.15, -0.1) is 0 Å². The van der Waals surface area contributed by atoms with Crippen LogP contribution in [0.15, 0.2) is 11.2 Å². The Bertz CT molecular complexity index is 452. The molecule has 3 rings (SSSR count). The van der Waals surface area contributed by atoms with E-state index in [1.807, 2.05) is 12.3 Å². The van der Waals surface area contributed by atoms with Gasteiger partial charge in [0.2, 0.25) is 0 Å². The molecule has 2 heterocycles. The van der Waals surface area contributed by atoms with E-state index in [0.29, 0.717) is 11.2 Å². The van der Waals surface area contributed by atoms with Crippen molar-refractivity contribution < 1.29 is 0 Å². The standard InChI is InChI=1S/C14H20ClN3S/c1-19-14-16-12(15)9-13(17-14)18-8-4-6-10-5-2-3-7-11(10)18/h9-11H,2-8H2,1H3. The molecule has 1 saturated heterocycles. The van der Waals surface area contributed by atoms with Crippen molar-refractivity contribution in [1.29, 1.82) is 0 Å². The topological polar surface area (TPSA) is 29.0 Å². The van der Waals surface area contributed by atoms with Crippen LogP contribution in [-0.2, 0) is 0 Å². The molecule has 104 valence electrons. The molecule has 2 fully saturated rings. The van der Waals surface area contributed by atoms with Crippen LogP contribution in [0, 0.1) is 5.92 Å². The zero-order valence-electron chi connectivity index (χ0n) is 11.3. The average molecular weight is 298 g/mol. The van der Waals surface area contributed by atoms with E-state index in [4.69, 9.17) is 11.6 Å². The molecule has 1 saturated carbocycles.